The number of carbonyl (C=O) groups excluding carboxylic acids is 2. The van der Waals surface area contributed by atoms with Crippen LogP contribution in [0.25, 0.3) is 0 Å². The van der Waals surface area contributed by atoms with Crippen LogP contribution in [-0.2, 0) is 16.1 Å². The zero-order chi connectivity index (χ0) is 24.0. The largest absolute Gasteiger partial charge is 0.497 e. The number of carbonyl (C=O) groups is 2. The summed E-state index contributed by atoms with van der Waals surface area (Å²) in [6.07, 6.45) is 0. The van der Waals surface area contributed by atoms with Crippen LogP contribution in [0, 0.1) is 13.8 Å². The Balaban J connectivity index is 1.74. The first-order chi connectivity index (χ1) is 15.9. The van der Waals surface area contributed by atoms with Gasteiger partial charge >= 0.3 is 5.97 Å². The smallest absolute Gasteiger partial charge is 0.340 e. The van der Waals surface area contributed by atoms with Gasteiger partial charge in [0.05, 0.1) is 25.8 Å². The van der Waals surface area contributed by atoms with Crippen molar-refractivity contribution in [3.8, 4) is 11.5 Å². The molecule has 33 heavy (non-hydrogen) atoms. The lowest BCUT2D eigenvalue weighted by molar-refractivity contribution is -0.124. The molecular weight excluding hydrogens is 420 g/mol. The van der Waals surface area contributed by atoms with Crippen molar-refractivity contribution in [2.45, 2.75) is 33.4 Å². The van der Waals surface area contributed by atoms with E-state index in [2.05, 4.69) is 5.32 Å². The van der Waals surface area contributed by atoms with Crippen LogP contribution in [0.3, 0.4) is 0 Å². The SMILES string of the molecule is CCn1c(C)cc(C(=O)OCC(=O)NC(c2ccc(OC)cc2)c2ccc(OC)cc2)c1C. The highest BCUT2D eigenvalue weighted by Gasteiger charge is 2.20. The Morgan fingerprint density at radius 1 is 0.909 bits per heavy atom. The molecule has 0 spiro atoms. The first-order valence-electron chi connectivity index (χ1n) is 10.8. The van der Waals surface area contributed by atoms with E-state index in [1.54, 1.807) is 20.3 Å². The number of aromatic nitrogens is 1. The van der Waals surface area contributed by atoms with Gasteiger partial charge in [-0.25, -0.2) is 4.79 Å². The second-order valence-corrected chi connectivity index (χ2v) is 7.65. The summed E-state index contributed by atoms with van der Waals surface area (Å²) in [5.41, 5.74) is 4.02. The van der Waals surface area contributed by atoms with Gasteiger partial charge in [0.1, 0.15) is 11.5 Å². The molecule has 1 aromatic heterocycles. The Kier molecular flexibility index (Phi) is 7.77. The van der Waals surface area contributed by atoms with Crippen molar-refractivity contribution >= 4 is 11.9 Å². The van der Waals surface area contributed by atoms with Crippen LogP contribution in [0.1, 0.15) is 45.8 Å². The molecule has 3 aromatic rings. The normalized spacial score (nSPS) is 10.7. The number of amides is 1. The van der Waals surface area contributed by atoms with E-state index in [1.165, 1.54) is 0 Å². The van der Waals surface area contributed by atoms with Crippen LogP contribution in [-0.4, -0.2) is 37.3 Å². The average molecular weight is 451 g/mol. The van der Waals surface area contributed by atoms with Crippen molar-refractivity contribution in [2.75, 3.05) is 20.8 Å². The molecule has 0 saturated heterocycles. The predicted molar refractivity (Wildman–Crippen MR) is 126 cm³/mol. The molecule has 0 atom stereocenters. The summed E-state index contributed by atoms with van der Waals surface area (Å²) in [5.74, 6) is 0.530. The Bertz CT molecular complexity index is 1050. The number of aryl methyl sites for hydroxylation is 1. The fourth-order valence-corrected chi connectivity index (χ4v) is 3.86. The number of benzene rings is 2. The minimum Gasteiger partial charge on any atom is -0.497 e. The molecule has 174 valence electrons. The number of hydrogen-bond acceptors (Lipinski definition) is 5. The topological polar surface area (TPSA) is 78.8 Å². The Labute approximate surface area is 194 Å². The highest BCUT2D eigenvalue weighted by molar-refractivity contribution is 5.92. The highest BCUT2D eigenvalue weighted by Crippen LogP contribution is 2.26. The molecule has 3 rings (SSSR count). The van der Waals surface area contributed by atoms with Crippen molar-refractivity contribution in [1.29, 1.82) is 0 Å². The minimum absolute atomic E-state index is 0.378. The molecule has 0 aliphatic heterocycles. The molecule has 0 saturated carbocycles. The second-order valence-electron chi connectivity index (χ2n) is 7.65. The second kappa shape index (κ2) is 10.7. The van der Waals surface area contributed by atoms with Crippen molar-refractivity contribution in [3.05, 3.63) is 82.7 Å². The quantitative estimate of drug-likeness (QED) is 0.494. The number of nitrogens with zero attached hydrogens (tertiary/aromatic N) is 1. The van der Waals surface area contributed by atoms with E-state index in [-0.39, 0.29) is 6.61 Å². The van der Waals surface area contributed by atoms with Crippen LogP contribution in [0.5, 0.6) is 11.5 Å². The molecule has 1 heterocycles. The van der Waals surface area contributed by atoms with Crippen molar-refractivity contribution in [3.63, 3.8) is 0 Å². The van der Waals surface area contributed by atoms with Crippen LogP contribution in [0.15, 0.2) is 54.6 Å². The fourth-order valence-electron chi connectivity index (χ4n) is 3.86. The van der Waals surface area contributed by atoms with E-state index in [0.717, 1.165) is 40.6 Å². The van der Waals surface area contributed by atoms with Gasteiger partial charge in [-0.2, -0.15) is 0 Å². The molecule has 0 unspecified atom stereocenters. The Morgan fingerprint density at radius 3 is 1.85 bits per heavy atom. The molecule has 0 aliphatic rings. The summed E-state index contributed by atoms with van der Waals surface area (Å²) >= 11 is 0. The van der Waals surface area contributed by atoms with Gasteiger partial charge in [0.25, 0.3) is 5.91 Å². The van der Waals surface area contributed by atoms with E-state index < -0.39 is 17.9 Å². The molecule has 7 heteroatoms. The van der Waals surface area contributed by atoms with E-state index in [9.17, 15) is 9.59 Å². The zero-order valence-electron chi connectivity index (χ0n) is 19.7. The molecular formula is C26H30N2O5. The first kappa shape index (κ1) is 23.9. The van der Waals surface area contributed by atoms with Crippen LogP contribution < -0.4 is 14.8 Å². The van der Waals surface area contributed by atoms with E-state index in [4.69, 9.17) is 14.2 Å². The van der Waals surface area contributed by atoms with Gasteiger partial charge in [-0.3, -0.25) is 4.79 Å². The first-order valence-corrected chi connectivity index (χ1v) is 10.8. The molecule has 7 nitrogen and oxygen atoms in total. The number of nitrogens with one attached hydrogen (secondary N) is 1. The van der Waals surface area contributed by atoms with E-state index in [1.807, 2.05) is 73.9 Å². The van der Waals surface area contributed by atoms with Gasteiger partial charge in [-0.15, -0.1) is 0 Å². The monoisotopic (exact) mass is 450 g/mol. The van der Waals surface area contributed by atoms with Gasteiger partial charge in [0.2, 0.25) is 0 Å². The number of hydrogen-bond donors (Lipinski definition) is 1. The number of ether oxygens (including phenoxy) is 3. The van der Waals surface area contributed by atoms with Gasteiger partial charge in [-0.05, 0) is 62.2 Å². The molecule has 0 bridgehead atoms. The lowest BCUT2D eigenvalue weighted by atomic mass is 9.98. The minimum atomic E-state index is -0.511. The lowest BCUT2D eigenvalue weighted by Gasteiger charge is -2.20. The molecule has 0 aliphatic carbocycles. The van der Waals surface area contributed by atoms with Crippen molar-refractivity contribution in [2.24, 2.45) is 0 Å². The predicted octanol–water partition coefficient (Wildman–Crippen LogP) is 4.20. The summed E-state index contributed by atoms with van der Waals surface area (Å²) < 4.78 is 17.8. The van der Waals surface area contributed by atoms with Gasteiger partial charge < -0.3 is 24.1 Å². The standard InChI is InChI=1S/C26H30N2O5/c1-6-28-17(2)15-23(18(28)3)26(30)33-16-24(29)27-25(19-7-11-21(31-4)12-8-19)20-9-13-22(32-5)14-10-20/h7-15,25H,6,16H2,1-5H3,(H,27,29). The van der Waals surface area contributed by atoms with Crippen molar-refractivity contribution in [1.82, 2.24) is 9.88 Å². The van der Waals surface area contributed by atoms with Gasteiger partial charge in [0.15, 0.2) is 6.61 Å². The molecule has 1 N–H and O–H groups in total. The third kappa shape index (κ3) is 5.55. The Hall–Kier alpha value is -3.74. The summed E-state index contributed by atoms with van der Waals surface area (Å²) in [6, 6.07) is 16.2. The molecule has 2 aromatic carbocycles. The maximum atomic E-state index is 12.8. The summed E-state index contributed by atoms with van der Waals surface area (Å²) in [5, 5.41) is 2.97. The van der Waals surface area contributed by atoms with Crippen molar-refractivity contribution < 1.29 is 23.8 Å². The van der Waals surface area contributed by atoms with Gasteiger partial charge in [-0.1, -0.05) is 24.3 Å². The molecule has 0 radical (unpaired) electrons. The van der Waals surface area contributed by atoms with Crippen LogP contribution in [0.2, 0.25) is 0 Å². The summed E-state index contributed by atoms with van der Waals surface area (Å²) in [6.45, 7) is 6.21. The zero-order valence-corrected chi connectivity index (χ0v) is 19.7. The number of rotatable bonds is 9. The van der Waals surface area contributed by atoms with E-state index in [0.29, 0.717) is 5.56 Å². The third-order valence-electron chi connectivity index (χ3n) is 5.65. The van der Waals surface area contributed by atoms with Crippen LogP contribution >= 0.6 is 0 Å². The van der Waals surface area contributed by atoms with E-state index >= 15 is 0 Å². The summed E-state index contributed by atoms with van der Waals surface area (Å²) in [4.78, 5) is 25.3. The molecule has 1 amide bonds. The van der Waals surface area contributed by atoms with Gasteiger partial charge in [0, 0.05) is 17.9 Å². The average Bonchev–Trinajstić information content (AvgIpc) is 3.14. The number of methoxy groups -OCH3 is 2. The van der Waals surface area contributed by atoms with Crippen LogP contribution in [0.4, 0.5) is 0 Å². The maximum absolute atomic E-state index is 12.8. The fraction of sp³-hybridized carbons (Fsp3) is 0.308. The third-order valence-corrected chi connectivity index (χ3v) is 5.65. The Morgan fingerprint density at radius 2 is 1.42 bits per heavy atom. The summed E-state index contributed by atoms with van der Waals surface area (Å²) in [7, 11) is 3.20. The maximum Gasteiger partial charge on any atom is 0.340 e. The molecule has 0 fully saturated rings. The number of esters is 1. The lowest BCUT2D eigenvalue weighted by Crippen LogP contribution is -2.33. The highest BCUT2D eigenvalue weighted by atomic mass is 16.5.